The van der Waals surface area contributed by atoms with Crippen molar-refractivity contribution in [2.45, 2.75) is 11.9 Å². The monoisotopic (exact) mass is 358 g/mol. The highest BCUT2D eigenvalue weighted by molar-refractivity contribution is 7.80. The molecule has 0 saturated heterocycles. The fourth-order valence-corrected chi connectivity index (χ4v) is 3.13. The number of aromatic amines is 2. The van der Waals surface area contributed by atoms with Crippen LogP contribution in [0.1, 0.15) is 5.56 Å². The molecule has 8 heteroatoms. The standard InChI is InChI=1S/C17H12F2N4OS/c1-8-2-4-10(14(19)13(8)18)15-16(25)22-17(24)23(15)9-3-5-11-12(6-9)21-7-20-11/h2-7,25H,1H3,(H,20,21)(H,22,24). The van der Waals surface area contributed by atoms with E-state index in [9.17, 15) is 13.6 Å². The van der Waals surface area contributed by atoms with Gasteiger partial charge in [-0.1, -0.05) is 6.07 Å². The molecule has 5 nitrogen and oxygen atoms in total. The molecule has 0 aliphatic rings. The topological polar surface area (TPSA) is 66.5 Å². The molecule has 0 saturated carbocycles. The highest BCUT2D eigenvalue weighted by Gasteiger charge is 2.21. The lowest BCUT2D eigenvalue weighted by molar-refractivity contribution is 0.505. The molecule has 2 N–H and O–H groups in total. The van der Waals surface area contributed by atoms with Crippen molar-refractivity contribution in [2.75, 3.05) is 0 Å². The molecule has 0 bridgehead atoms. The van der Waals surface area contributed by atoms with E-state index in [1.165, 1.54) is 30.0 Å². The molecule has 126 valence electrons. The maximum Gasteiger partial charge on any atom is 0.331 e. The maximum atomic E-state index is 14.5. The maximum absolute atomic E-state index is 14.5. The number of benzene rings is 2. The minimum Gasteiger partial charge on any atom is -0.345 e. The summed E-state index contributed by atoms with van der Waals surface area (Å²) < 4.78 is 29.7. The van der Waals surface area contributed by atoms with E-state index in [-0.39, 0.29) is 21.8 Å². The van der Waals surface area contributed by atoms with Crippen LogP contribution in [0.25, 0.3) is 28.0 Å². The highest BCUT2D eigenvalue weighted by atomic mass is 32.1. The van der Waals surface area contributed by atoms with Gasteiger partial charge >= 0.3 is 5.69 Å². The second-order valence-electron chi connectivity index (χ2n) is 5.62. The first kappa shape index (κ1) is 15.6. The van der Waals surface area contributed by atoms with Gasteiger partial charge in [0.15, 0.2) is 11.6 Å². The first-order chi connectivity index (χ1) is 12.0. The van der Waals surface area contributed by atoms with E-state index < -0.39 is 17.3 Å². The Morgan fingerprint density at radius 2 is 1.96 bits per heavy atom. The number of thiol groups is 1. The lowest BCUT2D eigenvalue weighted by Crippen LogP contribution is -2.16. The summed E-state index contributed by atoms with van der Waals surface area (Å²) in [5, 5.41) is 0.150. The smallest absolute Gasteiger partial charge is 0.331 e. The zero-order valence-electron chi connectivity index (χ0n) is 13.0. The van der Waals surface area contributed by atoms with Gasteiger partial charge in [0.25, 0.3) is 0 Å². The van der Waals surface area contributed by atoms with Crippen molar-refractivity contribution in [1.82, 2.24) is 19.5 Å². The van der Waals surface area contributed by atoms with Gasteiger partial charge in [0.2, 0.25) is 0 Å². The van der Waals surface area contributed by atoms with Crippen molar-refractivity contribution in [2.24, 2.45) is 0 Å². The second-order valence-corrected chi connectivity index (χ2v) is 6.07. The van der Waals surface area contributed by atoms with Crippen molar-refractivity contribution in [3.63, 3.8) is 0 Å². The average Bonchev–Trinajstić information content (AvgIpc) is 3.16. The van der Waals surface area contributed by atoms with Gasteiger partial charge in [-0.3, -0.25) is 4.57 Å². The molecule has 4 aromatic rings. The number of fused-ring (bicyclic) bond motifs is 1. The van der Waals surface area contributed by atoms with Gasteiger partial charge in [0, 0.05) is 5.56 Å². The van der Waals surface area contributed by atoms with Gasteiger partial charge in [-0.25, -0.2) is 18.6 Å². The SMILES string of the molecule is Cc1ccc(-c2c(S)[nH]c(=O)n2-c2ccc3nc[nH]c3c2)c(F)c1F. The number of aryl methyl sites for hydroxylation is 1. The fourth-order valence-electron chi connectivity index (χ4n) is 2.81. The van der Waals surface area contributed by atoms with Crippen LogP contribution >= 0.6 is 12.6 Å². The highest BCUT2D eigenvalue weighted by Crippen LogP contribution is 2.31. The summed E-state index contributed by atoms with van der Waals surface area (Å²) in [5.41, 5.74) is 1.72. The molecule has 0 fully saturated rings. The second kappa shape index (κ2) is 5.59. The minimum absolute atomic E-state index is 0.0452. The Morgan fingerprint density at radius 1 is 1.16 bits per heavy atom. The van der Waals surface area contributed by atoms with E-state index in [0.29, 0.717) is 11.2 Å². The van der Waals surface area contributed by atoms with Crippen LogP contribution < -0.4 is 5.69 Å². The number of hydrogen-bond acceptors (Lipinski definition) is 3. The van der Waals surface area contributed by atoms with Crippen molar-refractivity contribution in [1.29, 1.82) is 0 Å². The molecule has 25 heavy (non-hydrogen) atoms. The number of halogens is 2. The Bertz CT molecular complexity index is 1180. The van der Waals surface area contributed by atoms with Crippen LogP contribution in [0.5, 0.6) is 0 Å². The third-order valence-corrected chi connectivity index (χ3v) is 4.39. The van der Waals surface area contributed by atoms with Crippen molar-refractivity contribution >= 4 is 23.7 Å². The van der Waals surface area contributed by atoms with E-state index in [0.717, 1.165) is 5.52 Å². The van der Waals surface area contributed by atoms with E-state index in [1.807, 2.05) is 0 Å². The first-order valence-electron chi connectivity index (χ1n) is 7.40. The molecule has 2 aromatic heterocycles. The Hall–Kier alpha value is -2.87. The lowest BCUT2D eigenvalue weighted by atomic mass is 10.1. The van der Waals surface area contributed by atoms with Gasteiger partial charge in [0.1, 0.15) is 0 Å². The Morgan fingerprint density at radius 3 is 2.76 bits per heavy atom. The molecular weight excluding hydrogens is 346 g/mol. The number of imidazole rings is 2. The number of aromatic nitrogens is 4. The normalized spacial score (nSPS) is 11.4. The van der Waals surface area contributed by atoms with Gasteiger partial charge < -0.3 is 9.97 Å². The third kappa shape index (κ3) is 2.37. The molecule has 0 aliphatic carbocycles. The van der Waals surface area contributed by atoms with Crippen LogP contribution in [-0.2, 0) is 0 Å². The van der Waals surface area contributed by atoms with Gasteiger partial charge in [0.05, 0.1) is 33.8 Å². The van der Waals surface area contributed by atoms with Crippen molar-refractivity contribution < 1.29 is 8.78 Å². The predicted molar refractivity (Wildman–Crippen MR) is 93.4 cm³/mol. The Kier molecular flexibility index (Phi) is 3.50. The molecule has 0 spiro atoms. The molecule has 0 unspecified atom stereocenters. The zero-order valence-corrected chi connectivity index (χ0v) is 13.9. The van der Waals surface area contributed by atoms with Crippen LogP contribution in [0.3, 0.4) is 0 Å². The number of hydrogen-bond donors (Lipinski definition) is 3. The van der Waals surface area contributed by atoms with Crippen LogP contribution in [0.2, 0.25) is 0 Å². The van der Waals surface area contributed by atoms with Crippen LogP contribution in [-0.4, -0.2) is 19.5 Å². The summed E-state index contributed by atoms with van der Waals surface area (Å²) in [6.45, 7) is 1.47. The van der Waals surface area contributed by atoms with E-state index in [1.54, 1.807) is 18.2 Å². The number of rotatable bonds is 2. The predicted octanol–water partition coefficient (Wildman–Crippen LogP) is 3.58. The first-order valence-corrected chi connectivity index (χ1v) is 7.84. The lowest BCUT2D eigenvalue weighted by Gasteiger charge is -2.11. The van der Waals surface area contributed by atoms with Gasteiger partial charge in [-0.05, 0) is 36.8 Å². The third-order valence-electron chi connectivity index (χ3n) is 4.07. The number of nitrogens with one attached hydrogen (secondary N) is 2. The van der Waals surface area contributed by atoms with Crippen molar-refractivity contribution in [3.05, 3.63) is 64.3 Å². The molecule has 2 aromatic carbocycles. The number of H-pyrrole nitrogens is 2. The Balaban J connectivity index is 2.02. The van der Waals surface area contributed by atoms with E-state index in [4.69, 9.17) is 0 Å². The van der Waals surface area contributed by atoms with Gasteiger partial charge in [-0.2, -0.15) is 0 Å². The van der Waals surface area contributed by atoms with Gasteiger partial charge in [-0.15, -0.1) is 12.6 Å². The fraction of sp³-hybridized carbons (Fsp3) is 0.0588. The minimum atomic E-state index is -1.02. The largest absolute Gasteiger partial charge is 0.345 e. The summed E-state index contributed by atoms with van der Waals surface area (Å²) in [6, 6.07) is 8.01. The Labute approximate surface area is 145 Å². The summed E-state index contributed by atoms with van der Waals surface area (Å²) in [5.74, 6) is -1.97. The molecular formula is C17H12F2N4OS. The summed E-state index contributed by atoms with van der Waals surface area (Å²) >= 11 is 4.23. The molecule has 0 aliphatic heterocycles. The summed E-state index contributed by atoms with van der Waals surface area (Å²) in [4.78, 5) is 22.0. The molecule has 0 radical (unpaired) electrons. The van der Waals surface area contributed by atoms with Crippen LogP contribution in [0.15, 0.2) is 46.5 Å². The van der Waals surface area contributed by atoms with Crippen LogP contribution in [0, 0.1) is 18.6 Å². The average molecular weight is 358 g/mol. The van der Waals surface area contributed by atoms with Crippen LogP contribution in [0.4, 0.5) is 8.78 Å². The summed E-state index contributed by atoms with van der Waals surface area (Å²) in [7, 11) is 0. The molecule has 2 heterocycles. The number of nitrogens with zero attached hydrogens (tertiary/aromatic N) is 2. The zero-order chi connectivity index (χ0) is 17.7. The summed E-state index contributed by atoms with van der Waals surface area (Å²) in [6.07, 6.45) is 1.54. The van der Waals surface area contributed by atoms with Crippen molar-refractivity contribution in [3.8, 4) is 16.9 Å². The van der Waals surface area contributed by atoms with E-state index >= 15 is 0 Å². The molecule has 4 rings (SSSR count). The molecule has 0 amide bonds. The quantitative estimate of drug-likeness (QED) is 0.480. The van der Waals surface area contributed by atoms with E-state index in [2.05, 4.69) is 27.6 Å². The molecule has 0 atom stereocenters.